The lowest BCUT2D eigenvalue weighted by Crippen LogP contribution is -2.04. The molecular weight excluding hydrogens is 328 g/mol. The molecule has 0 amide bonds. The van der Waals surface area contributed by atoms with Gasteiger partial charge in [0.25, 0.3) is 15.5 Å². The molecule has 7 heteroatoms. The van der Waals surface area contributed by atoms with Gasteiger partial charge < -0.3 is 14.9 Å². The van der Waals surface area contributed by atoms with Crippen molar-refractivity contribution in [1.29, 1.82) is 0 Å². The summed E-state index contributed by atoms with van der Waals surface area (Å²) in [5.41, 5.74) is 1.32. The van der Waals surface area contributed by atoms with Gasteiger partial charge in [-0.15, -0.1) is 0 Å². The maximum atomic E-state index is 10.6. The van der Waals surface area contributed by atoms with Crippen molar-refractivity contribution in [2.24, 2.45) is 0 Å². The van der Waals surface area contributed by atoms with E-state index in [0.717, 1.165) is 0 Å². The molecule has 22 heavy (non-hydrogen) atoms. The topological polar surface area (TPSA) is 83.8 Å². The number of hydrogen-bond acceptors (Lipinski definition) is 5. The van der Waals surface area contributed by atoms with E-state index in [1.165, 1.54) is 24.8 Å². The van der Waals surface area contributed by atoms with Crippen LogP contribution >= 0.6 is 10.7 Å². The van der Waals surface area contributed by atoms with Gasteiger partial charge in [-0.2, -0.15) is 0 Å². The first-order chi connectivity index (χ1) is 10.3. The van der Waals surface area contributed by atoms with Crippen LogP contribution in [0.15, 0.2) is 65.6 Å². The van der Waals surface area contributed by atoms with Gasteiger partial charge >= 0.3 is 0 Å². The second-order valence-corrected chi connectivity index (χ2v) is 6.53. The summed E-state index contributed by atoms with van der Waals surface area (Å²) in [4.78, 5) is 0.136. The Morgan fingerprint density at radius 3 is 1.50 bits per heavy atom. The Balaban J connectivity index is 0.000000322. The van der Waals surface area contributed by atoms with E-state index in [1.54, 1.807) is 18.2 Å². The molecule has 2 N–H and O–H groups in total. The number of hydrogen-bond donors (Lipinski definition) is 2. The number of methoxy groups -OCH3 is 1. The quantitative estimate of drug-likeness (QED) is 0.644. The summed E-state index contributed by atoms with van der Waals surface area (Å²) in [7, 11) is 2.70. The van der Waals surface area contributed by atoms with Crippen molar-refractivity contribution in [3.63, 3.8) is 0 Å². The van der Waals surface area contributed by atoms with Crippen LogP contribution in [0.3, 0.4) is 0 Å². The molecule has 0 fully saturated rings. The molecule has 122 valence electrons. The average Bonchev–Trinajstić information content (AvgIpc) is 2.49. The maximum Gasteiger partial charge on any atom is 0.266 e. The summed E-state index contributed by atoms with van der Waals surface area (Å²) in [6, 6.07) is 18.1. The number of aliphatic hydroxyl groups is 2. The van der Waals surface area contributed by atoms with Crippen LogP contribution in [-0.2, 0) is 13.8 Å². The van der Waals surface area contributed by atoms with Crippen LogP contribution in [0, 0.1) is 6.92 Å². The van der Waals surface area contributed by atoms with Gasteiger partial charge in [0.2, 0.25) is 0 Å². The average molecular weight is 347 g/mol. The normalized spacial score (nSPS) is 10.1. The fraction of sp³-hybridized carbons (Fsp3) is 0.200. The van der Waals surface area contributed by atoms with Gasteiger partial charge in [-0.3, -0.25) is 0 Å². The maximum absolute atomic E-state index is 10.6. The lowest BCUT2D eigenvalue weighted by molar-refractivity contribution is -0.218. The molecule has 0 saturated heterocycles. The number of benzene rings is 2. The molecule has 0 bridgehead atoms. The van der Waals surface area contributed by atoms with Crippen molar-refractivity contribution >= 4 is 19.7 Å². The molecule has 2 aromatic rings. The minimum atomic E-state index is -3.53. The van der Waals surface area contributed by atoms with Crippen LogP contribution in [0.1, 0.15) is 5.56 Å². The highest BCUT2D eigenvalue weighted by Crippen LogP contribution is 2.12. The highest BCUT2D eigenvalue weighted by molar-refractivity contribution is 8.13. The number of aryl methyl sites for hydroxylation is 1. The molecule has 0 unspecified atom stereocenters. The fourth-order valence-electron chi connectivity index (χ4n) is 1.12. The van der Waals surface area contributed by atoms with Gasteiger partial charge in [0.05, 0.1) is 4.90 Å². The summed E-state index contributed by atoms with van der Waals surface area (Å²) in [6.07, 6.45) is 0. The zero-order chi connectivity index (χ0) is 17.0. The van der Waals surface area contributed by atoms with Crippen molar-refractivity contribution in [2.45, 2.75) is 18.3 Å². The van der Waals surface area contributed by atoms with Crippen LogP contribution < -0.4 is 0 Å². The van der Waals surface area contributed by atoms with Crippen molar-refractivity contribution in [1.82, 2.24) is 0 Å². The molecule has 0 spiro atoms. The Bertz CT molecular complexity index is 600. The third kappa shape index (κ3) is 11.2. The van der Waals surface area contributed by atoms with E-state index in [2.05, 4.69) is 23.8 Å². The van der Waals surface area contributed by atoms with Gasteiger partial charge in [0.15, 0.2) is 0 Å². The number of ether oxygens (including phenoxy) is 1. The Morgan fingerprint density at radius 1 is 0.955 bits per heavy atom. The van der Waals surface area contributed by atoms with Crippen molar-refractivity contribution < 1.29 is 23.4 Å². The number of rotatable bonds is 2. The van der Waals surface area contributed by atoms with Crippen LogP contribution in [-0.4, -0.2) is 32.2 Å². The van der Waals surface area contributed by atoms with Crippen LogP contribution in [0.2, 0.25) is 0 Å². The van der Waals surface area contributed by atoms with Gasteiger partial charge in [-0.05, 0) is 19.1 Å². The molecule has 0 aliphatic carbocycles. The zero-order valence-corrected chi connectivity index (χ0v) is 13.8. The van der Waals surface area contributed by atoms with E-state index in [-0.39, 0.29) is 4.90 Å². The minimum Gasteiger partial charge on any atom is -0.346 e. The van der Waals surface area contributed by atoms with Crippen LogP contribution in [0.4, 0.5) is 0 Å². The molecule has 0 aromatic heterocycles. The molecular formula is C15H19ClO5S. The lowest BCUT2D eigenvalue weighted by atomic mass is 10.2. The zero-order valence-electron chi connectivity index (χ0n) is 12.3. The van der Waals surface area contributed by atoms with Gasteiger partial charge in [0, 0.05) is 17.8 Å². The molecule has 2 rings (SSSR count). The lowest BCUT2D eigenvalue weighted by Gasteiger charge is -1.92. The molecule has 0 aliphatic heterocycles. The molecule has 0 saturated carbocycles. The molecule has 0 atom stereocenters. The molecule has 0 radical (unpaired) electrons. The summed E-state index contributed by atoms with van der Waals surface area (Å²) in [6.45, 7) is 0.468. The SMILES string of the molecule is COC(O)O.Cc1ccccc1.O=S(=O)(Cl)c1ccccc1. The third-order valence-corrected chi connectivity index (χ3v) is 3.55. The summed E-state index contributed by atoms with van der Waals surface area (Å²) in [5.74, 6) is 0. The number of aliphatic hydroxyl groups excluding tert-OH is 1. The summed E-state index contributed by atoms with van der Waals surface area (Å²) in [5, 5.41) is 15.4. The molecule has 2 aromatic carbocycles. The van der Waals surface area contributed by atoms with Crippen molar-refractivity contribution in [2.75, 3.05) is 7.11 Å². The standard InChI is InChI=1S/C7H8.C6H5ClO2S.C2H6O3/c1-7-5-3-2-4-6-7;7-10(8,9)6-4-2-1-3-5-6;1-5-2(3)4/h2-6H,1H3;1-5H;2-4H,1H3. The smallest absolute Gasteiger partial charge is 0.266 e. The number of halogens is 1. The van der Waals surface area contributed by atoms with Crippen LogP contribution in [0.5, 0.6) is 0 Å². The Labute approximate surface area is 135 Å². The summed E-state index contributed by atoms with van der Waals surface area (Å²) >= 11 is 0. The Morgan fingerprint density at radius 2 is 1.32 bits per heavy atom. The van der Waals surface area contributed by atoms with Crippen LogP contribution in [0.25, 0.3) is 0 Å². The van der Waals surface area contributed by atoms with Gasteiger partial charge in [0.1, 0.15) is 0 Å². The molecule has 0 heterocycles. The van der Waals surface area contributed by atoms with Gasteiger partial charge in [-0.1, -0.05) is 54.1 Å². The van der Waals surface area contributed by atoms with E-state index in [9.17, 15) is 8.42 Å². The van der Waals surface area contributed by atoms with Crippen molar-refractivity contribution in [3.8, 4) is 0 Å². The third-order valence-electron chi connectivity index (χ3n) is 2.18. The largest absolute Gasteiger partial charge is 0.346 e. The highest BCUT2D eigenvalue weighted by atomic mass is 35.7. The van der Waals surface area contributed by atoms with Gasteiger partial charge in [-0.25, -0.2) is 8.42 Å². The van der Waals surface area contributed by atoms with E-state index >= 15 is 0 Å². The predicted molar refractivity (Wildman–Crippen MR) is 85.9 cm³/mol. The second-order valence-electron chi connectivity index (χ2n) is 3.97. The van der Waals surface area contributed by atoms with E-state index < -0.39 is 15.5 Å². The van der Waals surface area contributed by atoms with Crippen molar-refractivity contribution in [3.05, 3.63) is 66.2 Å². The summed E-state index contributed by atoms with van der Waals surface area (Å²) < 4.78 is 25.1. The molecule has 0 aliphatic rings. The van der Waals surface area contributed by atoms with E-state index in [0.29, 0.717) is 0 Å². The fourth-order valence-corrected chi connectivity index (χ4v) is 1.91. The second kappa shape index (κ2) is 11.2. The predicted octanol–water partition coefficient (Wildman–Crippen LogP) is 2.51. The van der Waals surface area contributed by atoms with E-state index in [1.807, 2.05) is 18.2 Å². The minimum absolute atomic E-state index is 0.136. The Hall–Kier alpha value is -1.44. The first kappa shape index (κ1) is 20.6. The first-order valence-corrected chi connectivity index (χ1v) is 8.48. The Kier molecular flexibility index (Phi) is 10.4. The molecule has 5 nitrogen and oxygen atoms in total. The van der Waals surface area contributed by atoms with E-state index in [4.69, 9.17) is 20.9 Å². The first-order valence-electron chi connectivity index (χ1n) is 6.17. The monoisotopic (exact) mass is 346 g/mol. The highest BCUT2D eigenvalue weighted by Gasteiger charge is 2.06.